The highest BCUT2D eigenvalue weighted by Crippen LogP contribution is 2.19. The number of hydrogen-bond donors (Lipinski definition) is 2. The van der Waals surface area contributed by atoms with Crippen molar-refractivity contribution in [2.75, 3.05) is 10.6 Å². The Hall–Kier alpha value is -2.48. The van der Waals surface area contributed by atoms with Crippen molar-refractivity contribution >= 4 is 45.7 Å². The third-order valence-electron chi connectivity index (χ3n) is 3.34. The molecule has 0 saturated carbocycles. The van der Waals surface area contributed by atoms with Crippen LogP contribution in [0.1, 0.15) is 16.1 Å². The molecule has 0 aliphatic heterocycles. The van der Waals surface area contributed by atoms with Crippen molar-refractivity contribution in [2.45, 2.75) is 6.92 Å². The van der Waals surface area contributed by atoms with Gasteiger partial charge >= 0.3 is 0 Å². The van der Waals surface area contributed by atoms with Gasteiger partial charge in [-0.3, -0.25) is 4.79 Å². The second kappa shape index (κ2) is 7.39. The number of rotatable bonds is 4. The predicted octanol–water partition coefficient (Wildman–Crippen LogP) is 4.39. The molecule has 0 fully saturated rings. The molecule has 120 valence electrons. The molecule has 2 N–H and O–H groups in total. The number of aryl methyl sites for hydroxylation is 1. The fourth-order valence-corrected chi connectivity index (χ4v) is 2.78. The monoisotopic (exact) mass is 430 g/mol. The second-order valence-electron chi connectivity index (χ2n) is 5.18. The topological polar surface area (TPSA) is 66.9 Å². The number of nitrogens with zero attached hydrogens (tertiary/aromatic N) is 2. The van der Waals surface area contributed by atoms with Crippen molar-refractivity contribution < 1.29 is 4.79 Å². The van der Waals surface area contributed by atoms with Crippen LogP contribution in [0.2, 0.25) is 0 Å². The maximum Gasteiger partial charge on any atom is 0.256 e. The summed E-state index contributed by atoms with van der Waals surface area (Å²) in [6.45, 7) is 1.91. The quantitative estimate of drug-likeness (QED) is 0.603. The van der Waals surface area contributed by atoms with Crippen molar-refractivity contribution in [3.8, 4) is 0 Å². The summed E-state index contributed by atoms with van der Waals surface area (Å²) in [5.41, 5.74) is 3.19. The molecule has 0 saturated heterocycles. The molecular formula is C18H15IN4O. The number of aromatic nitrogens is 2. The third kappa shape index (κ3) is 4.08. The fourth-order valence-electron chi connectivity index (χ4n) is 2.15. The van der Waals surface area contributed by atoms with E-state index in [1.165, 1.54) is 6.33 Å². The van der Waals surface area contributed by atoms with Crippen LogP contribution in [0.4, 0.5) is 17.2 Å². The van der Waals surface area contributed by atoms with E-state index in [4.69, 9.17) is 0 Å². The van der Waals surface area contributed by atoms with Gasteiger partial charge in [0, 0.05) is 26.7 Å². The van der Waals surface area contributed by atoms with E-state index in [1.807, 2.05) is 61.5 Å². The highest BCUT2D eigenvalue weighted by Gasteiger charge is 2.09. The molecule has 1 heterocycles. The Morgan fingerprint density at radius 3 is 2.42 bits per heavy atom. The lowest BCUT2D eigenvalue weighted by Crippen LogP contribution is -2.13. The van der Waals surface area contributed by atoms with Crippen LogP contribution < -0.4 is 10.6 Å². The maximum absolute atomic E-state index is 12.3. The summed E-state index contributed by atoms with van der Waals surface area (Å²) >= 11 is 2.16. The van der Waals surface area contributed by atoms with Gasteiger partial charge in [0.05, 0.1) is 5.56 Å². The summed E-state index contributed by atoms with van der Waals surface area (Å²) in [5, 5.41) is 6.10. The van der Waals surface area contributed by atoms with E-state index in [2.05, 4.69) is 43.2 Å². The smallest absolute Gasteiger partial charge is 0.256 e. The number of nitrogens with one attached hydrogen (secondary N) is 2. The number of hydrogen-bond acceptors (Lipinski definition) is 4. The average Bonchev–Trinajstić information content (AvgIpc) is 2.57. The van der Waals surface area contributed by atoms with E-state index in [9.17, 15) is 4.79 Å². The van der Waals surface area contributed by atoms with Crippen molar-refractivity contribution in [1.82, 2.24) is 9.97 Å². The first-order chi connectivity index (χ1) is 11.6. The molecule has 0 atom stereocenters. The van der Waals surface area contributed by atoms with Crippen LogP contribution in [0.3, 0.4) is 0 Å². The van der Waals surface area contributed by atoms with E-state index in [1.54, 1.807) is 0 Å². The van der Waals surface area contributed by atoms with E-state index >= 15 is 0 Å². The molecule has 5 nitrogen and oxygen atoms in total. The number of carbonyl (C=O) groups is 1. The molecule has 2 aromatic carbocycles. The van der Waals surface area contributed by atoms with Gasteiger partial charge in [0.1, 0.15) is 12.1 Å². The summed E-state index contributed by atoms with van der Waals surface area (Å²) in [5.74, 6) is 0.616. The van der Waals surface area contributed by atoms with Crippen LogP contribution in [0.25, 0.3) is 0 Å². The molecule has 0 bridgehead atoms. The van der Waals surface area contributed by atoms with Gasteiger partial charge in [0.2, 0.25) is 0 Å². The highest BCUT2D eigenvalue weighted by molar-refractivity contribution is 14.1. The summed E-state index contributed by atoms with van der Waals surface area (Å²) in [6.07, 6.45) is 1.52. The van der Waals surface area contributed by atoms with E-state index < -0.39 is 0 Å². The Bertz CT molecular complexity index is 865. The van der Waals surface area contributed by atoms with Crippen LogP contribution in [0.5, 0.6) is 0 Å². The largest absolute Gasteiger partial charge is 0.340 e. The Morgan fingerprint density at radius 1 is 1.00 bits per heavy atom. The lowest BCUT2D eigenvalue weighted by atomic mass is 10.2. The summed E-state index contributed by atoms with van der Waals surface area (Å²) in [4.78, 5) is 20.5. The van der Waals surface area contributed by atoms with Gasteiger partial charge in [-0.25, -0.2) is 9.97 Å². The minimum absolute atomic E-state index is 0.118. The Labute approximate surface area is 153 Å². The van der Waals surface area contributed by atoms with Crippen LogP contribution in [-0.2, 0) is 0 Å². The molecule has 3 aromatic rings. The zero-order chi connectivity index (χ0) is 16.9. The normalized spacial score (nSPS) is 10.2. The SMILES string of the molecule is Cc1cc(Nc2ccc(NC(=O)c3ccccc3I)cc2)ncn1. The van der Waals surface area contributed by atoms with Gasteiger partial charge in [-0.2, -0.15) is 0 Å². The number of anilines is 3. The first-order valence-corrected chi connectivity index (χ1v) is 8.41. The standard InChI is InChI=1S/C18H15IN4O/c1-12-10-17(21-11-20-12)22-13-6-8-14(9-7-13)23-18(24)15-4-2-3-5-16(15)19/h2-11H,1H3,(H,23,24)(H,20,21,22). The van der Waals surface area contributed by atoms with Crippen LogP contribution in [0, 0.1) is 10.5 Å². The predicted molar refractivity (Wildman–Crippen MR) is 104 cm³/mol. The number of halogens is 1. The highest BCUT2D eigenvalue weighted by atomic mass is 127. The fraction of sp³-hybridized carbons (Fsp3) is 0.0556. The first kappa shape index (κ1) is 16.4. The van der Waals surface area contributed by atoms with Crippen molar-refractivity contribution in [3.63, 3.8) is 0 Å². The van der Waals surface area contributed by atoms with Crippen molar-refractivity contribution in [1.29, 1.82) is 0 Å². The van der Waals surface area contributed by atoms with Crippen molar-refractivity contribution in [2.24, 2.45) is 0 Å². The second-order valence-corrected chi connectivity index (χ2v) is 6.34. The summed E-state index contributed by atoms with van der Waals surface area (Å²) in [6, 6.07) is 16.8. The minimum atomic E-state index is -0.118. The van der Waals surface area contributed by atoms with E-state index in [0.29, 0.717) is 5.56 Å². The molecule has 0 radical (unpaired) electrons. The molecule has 0 unspecified atom stereocenters. The molecule has 6 heteroatoms. The number of amides is 1. The number of benzene rings is 2. The van der Waals surface area contributed by atoms with Gasteiger partial charge in [0.15, 0.2) is 0 Å². The molecular weight excluding hydrogens is 415 g/mol. The van der Waals surface area contributed by atoms with Gasteiger partial charge in [0.25, 0.3) is 5.91 Å². The van der Waals surface area contributed by atoms with E-state index in [0.717, 1.165) is 26.5 Å². The van der Waals surface area contributed by atoms with Crippen molar-refractivity contribution in [3.05, 3.63) is 75.8 Å². The molecule has 0 aliphatic rings. The van der Waals surface area contributed by atoms with Crippen LogP contribution in [-0.4, -0.2) is 15.9 Å². The number of carbonyl (C=O) groups excluding carboxylic acids is 1. The molecule has 24 heavy (non-hydrogen) atoms. The van der Waals surface area contributed by atoms with Gasteiger partial charge in [-0.05, 0) is 65.9 Å². The zero-order valence-corrected chi connectivity index (χ0v) is 15.1. The lowest BCUT2D eigenvalue weighted by molar-refractivity contribution is 0.102. The van der Waals surface area contributed by atoms with Gasteiger partial charge in [-0.15, -0.1) is 0 Å². The third-order valence-corrected chi connectivity index (χ3v) is 4.28. The minimum Gasteiger partial charge on any atom is -0.340 e. The molecule has 0 aliphatic carbocycles. The van der Waals surface area contributed by atoms with Gasteiger partial charge < -0.3 is 10.6 Å². The zero-order valence-electron chi connectivity index (χ0n) is 13.0. The van der Waals surface area contributed by atoms with Crippen LogP contribution in [0.15, 0.2) is 60.9 Å². The molecule has 1 aromatic heterocycles. The van der Waals surface area contributed by atoms with E-state index in [-0.39, 0.29) is 5.91 Å². The maximum atomic E-state index is 12.3. The first-order valence-electron chi connectivity index (χ1n) is 7.33. The Balaban J connectivity index is 1.68. The van der Waals surface area contributed by atoms with Gasteiger partial charge in [-0.1, -0.05) is 12.1 Å². The average molecular weight is 430 g/mol. The Kier molecular flexibility index (Phi) is 5.05. The summed E-state index contributed by atoms with van der Waals surface area (Å²) in [7, 11) is 0. The Morgan fingerprint density at radius 2 is 1.71 bits per heavy atom. The molecule has 0 spiro atoms. The lowest BCUT2D eigenvalue weighted by Gasteiger charge is -2.09. The molecule has 1 amide bonds. The van der Waals surface area contributed by atoms with Crippen LogP contribution >= 0.6 is 22.6 Å². The summed E-state index contributed by atoms with van der Waals surface area (Å²) < 4.78 is 0.921. The molecule has 3 rings (SSSR count).